The molecule has 0 aliphatic rings. The van der Waals surface area contributed by atoms with Crippen LogP contribution >= 0.6 is 23.4 Å². The zero-order valence-corrected chi connectivity index (χ0v) is 16.6. The summed E-state index contributed by atoms with van der Waals surface area (Å²) in [5.41, 5.74) is 0.261. The van der Waals surface area contributed by atoms with Crippen LogP contribution in [0.2, 0.25) is 5.02 Å². The molecule has 0 aliphatic heterocycles. The predicted molar refractivity (Wildman–Crippen MR) is 114 cm³/mol. The molecule has 0 unspecified atom stereocenters. The molecule has 1 N–H and O–H groups in total. The lowest BCUT2D eigenvalue weighted by atomic mass is 10.2. The zero-order valence-electron chi connectivity index (χ0n) is 15.0. The number of thioether (sulfide) groups is 1. The summed E-state index contributed by atoms with van der Waals surface area (Å²) in [7, 11) is 0. The summed E-state index contributed by atoms with van der Waals surface area (Å²) in [6, 6.07) is 10.7. The lowest BCUT2D eigenvalue weighted by Crippen LogP contribution is -2.23. The molecule has 10 heteroatoms. The number of nitro groups is 1. The van der Waals surface area contributed by atoms with Crippen LogP contribution in [0.1, 0.15) is 0 Å². The van der Waals surface area contributed by atoms with E-state index in [1.54, 1.807) is 30.3 Å². The number of nitrogens with zero attached hydrogens (tertiary/aromatic N) is 3. The summed E-state index contributed by atoms with van der Waals surface area (Å²) in [6.07, 6.45) is 1.57. The molecule has 0 saturated heterocycles. The van der Waals surface area contributed by atoms with Gasteiger partial charge < -0.3 is 5.32 Å². The van der Waals surface area contributed by atoms with Crippen molar-refractivity contribution in [1.29, 1.82) is 0 Å². The van der Waals surface area contributed by atoms with Crippen LogP contribution in [0.25, 0.3) is 10.9 Å². The maximum Gasteiger partial charge on any atom is 0.271 e. The molecule has 1 heterocycles. The molecule has 0 radical (unpaired) electrons. The van der Waals surface area contributed by atoms with Gasteiger partial charge in [-0.2, -0.15) is 0 Å². The highest BCUT2D eigenvalue weighted by molar-refractivity contribution is 7.99. The number of carbonyl (C=O) groups excluding carboxylic acids is 1. The zero-order chi connectivity index (χ0) is 21.0. The smallest absolute Gasteiger partial charge is 0.271 e. The number of allylic oxidation sites excluding steroid dienone is 1. The molecular weight excluding hydrogens is 416 g/mol. The Bertz CT molecular complexity index is 1180. The number of amides is 1. The third-order valence-electron chi connectivity index (χ3n) is 3.91. The first kappa shape index (κ1) is 20.6. The van der Waals surface area contributed by atoms with Crippen LogP contribution < -0.4 is 10.9 Å². The Kier molecular flexibility index (Phi) is 6.30. The minimum atomic E-state index is -0.576. The fourth-order valence-electron chi connectivity index (χ4n) is 2.59. The number of rotatable bonds is 7. The Morgan fingerprint density at radius 2 is 2.10 bits per heavy atom. The van der Waals surface area contributed by atoms with Crippen LogP contribution in [0.4, 0.5) is 11.4 Å². The number of benzene rings is 2. The Balaban J connectivity index is 1.82. The fourth-order valence-corrected chi connectivity index (χ4v) is 3.56. The van der Waals surface area contributed by atoms with Gasteiger partial charge in [-0.1, -0.05) is 41.6 Å². The summed E-state index contributed by atoms with van der Waals surface area (Å²) < 4.78 is 1.44. The number of nitrogens with one attached hydrogen (secondary N) is 1. The molecule has 1 aromatic heterocycles. The first-order valence-corrected chi connectivity index (χ1v) is 9.74. The predicted octanol–water partition coefficient (Wildman–Crippen LogP) is 3.87. The van der Waals surface area contributed by atoms with Gasteiger partial charge in [0.15, 0.2) is 5.16 Å². The van der Waals surface area contributed by atoms with Crippen molar-refractivity contribution in [2.45, 2.75) is 11.7 Å². The van der Waals surface area contributed by atoms with E-state index in [1.165, 1.54) is 22.8 Å². The Hall–Kier alpha value is -3.17. The number of carbonyl (C=O) groups is 1. The Labute approximate surface area is 174 Å². The molecular formula is C19H15ClN4O4S. The molecule has 8 nitrogen and oxygen atoms in total. The SMILES string of the molecule is C=CCn1c(SCC(=O)Nc2cc([N+](=O)[O-])ccc2Cl)nc2ccccc2c1=O. The van der Waals surface area contributed by atoms with Crippen molar-refractivity contribution in [2.24, 2.45) is 0 Å². The summed E-state index contributed by atoms with van der Waals surface area (Å²) in [5, 5.41) is 14.5. The van der Waals surface area contributed by atoms with Crippen molar-refractivity contribution in [3.8, 4) is 0 Å². The normalized spacial score (nSPS) is 10.7. The molecule has 29 heavy (non-hydrogen) atoms. The fraction of sp³-hybridized carbons (Fsp3) is 0.105. The van der Waals surface area contributed by atoms with E-state index in [4.69, 9.17) is 11.6 Å². The molecule has 0 spiro atoms. The minimum Gasteiger partial charge on any atom is -0.324 e. The van der Waals surface area contributed by atoms with Gasteiger partial charge in [-0.3, -0.25) is 24.3 Å². The van der Waals surface area contributed by atoms with Gasteiger partial charge in [0.2, 0.25) is 5.91 Å². The summed E-state index contributed by atoms with van der Waals surface area (Å²) in [6.45, 7) is 3.90. The molecule has 0 fully saturated rings. The first-order chi connectivity index (χ1) is 13.9. The Morgan fingerprint density at radius 3 is 2.83 bits per heavy atom. The van der Waals surface area contributed by atoms with Gasteiger partial charge in [-0.25, -0.2) is 4.98 Å². The Morgan fingerprint density at radius 1 is 1.34 bits per heavy atom. The molecule has 0 atom stereocenters. The number of anilines is 1. The molecule has 0 saturated carbocycles. The quantitative estimate of drug-likeness (QED) is 0.200. The van der Waals surface area contributed by atoms with Crippen molar-refractivity contribution >= 4 is 51.5 Å². The summed E-state index contributed by atoms with van der Waals surface area (Å²) in [4.78, 5) is 39.8. The van der Waals surface area contributed by atoms with Gasteiger partial charge >= 0.3 is 0 Å². The number of nitro benzene ring substituents is 1. The van der Waals surface area contributed by atoms with Crippen molar-refractivity contribution in [1.82, 2.24) is 9.55 Å². The average Bonchev–Trinajstić information content (AvgIpc) is 2.70. The van der Waals surface area contributed by atoms with E-state index in [9.17, 15) is 19.7 Å². The number of halogens is 1. The van der Waals surface area contributed by atoms with Gasteiger partial charge in [-0.05, 0) is 18.2 Å². The average molecular weight is 431 g/mol. The lowest BCUT2D eigenvalue weighted by molar-refractivity contribution is -0.384. The lowest BCUT2D eigenvalue weighted by Gasteiger charge is -2.11. The number of fused-ring (bicyclic) bond motifs is 1. The van der Waals surface area contributed by atoms with Crippen LogP contribution in [-0.4, -0.2) is 26.1 Å². The summed E-state index contributed by atoms with van der Waals surface area (Å²) >= 11 is 7.08. The van der Waals surface area contributed by atoms with Crippen molar-refractivity contribution in [3.63, 3.8) is 0 Å². The maximum atomic E-state index is 12.7. The largest absolute Gasteiger partial charge is 0.324 e. The third kappa shape index (κ3) is 4.64. The third-order valence-corrected chi connectivity index (χ3v) is 5.21. The monoisotopic (exact) mass is 430 g/mol. The molecule has 2 aromatic carbocycles. The van der Waals surface area contributed by atoms with E-state index in [-0.39, 0.29) is 34.3 Å². The van der Waals surface area contributed by atoms with Gasteiger partial charge in [0.25, 0.3) is 11.2 Å². The maximum absolute atomic E-state index is 12.7. The molecule has 3 aromatic rings. The van der Waals surface area contributed by atoms with Crippen LogP contribution in [0, 0.1) is 10.1 Å². The van der Waals surface area contributed by atoms with Gasteiger partial charge in [0, 0.05) is 18.7 Å². The number of hydrogen-bond acceptors (Lipinski definition) is 6. The second-order valence-corrected chi connectivity index (χ2v) is 7.22. The first-order valence-electron chi connectivity index (χ1n) is 8.37. The van der Waals surface area contributed by atoms with Crippen molar-refractivity contribution < 1.29 is 9.72 Å². The summed E-state index contributed by atoms with van der Waals surface area (Å²) in [5.74, 6) is -0.508. The number of non-ortho nitro benzene ring substituents is 1. The van der Waals surface area contributed by atoms with Crippen LogP contribution in [0.3, 0.4) is 0 Å². The van der Waals surface area contributed by atoms with Crippen LogP contribution in [0.5, 0.6) is 0 Å². The number of hydrogen-bond donors (Lipinski definition) is 1. The molecule has 0 aliphatic carbocycles. The highest BCUT2D eigenvalue weighted by atomic mass is 35.5. The molecule has 3 rings (SSSR count). The van der Waals surface area contributed by atoms with Crippen molar-refractivity contribution in [2.75, 3.05) is 11.1 Å². The van der Waals surface area contributed by atoms with E-state index in [1.807, 2.05) is 0 Å². The van der Waals surface area contributed by atoms with E-state index < -0.39 is 10.8 Å². The minimum absolute atomic E-state index is 0.0685. The topological polar surface area (TPSA) is 107 Å². The van der Waals surface area contributed by atoms with E-state index >= 15 is 0 Å². The van der Waals surface area contributed by atoms with Gasteiger partial charge in [-0.15, -0.1) is 6.58 Å². The van der Waals surface area contributed by atoms with E-state index in [2.05, 4.69) is 16.9 Å². The van der Waals surface area contributed by atoms with Crippen LogP contribution in [-0.2, 0) is 11.3 Å². The second kappa shape index (κ2) is 8.89. The number of para-hydroxylation sites is 1. The van der Waals surface area contributed by atoms with Gasteiger partial charge in [0.1, 0.15) is 0 Å². The van der Waals surface area contributed by atoms with Gasteiger partial charge in [0.05, 0.1) is 32.3 Å². The van der Waals surface area contributed by atoms with E-state index in [0.717, 1.165) is 11.8 Å². The standard InChI is InChI=1S/C19H15ClN4O4S/c1-2-9-23-18(26)13-5-3-4-6-15(13)22-19(23)29-11-17(25)21-16-10-12(24(27)28)7-8-14(16)20/h2-8,10H,1,9,11H2,(H,21,25). The molecule has 148 valence electrons. The highest BCUT2D eigenvalue weighted by Gasteiger charge is 2.15. The highest BCUT2D eigenvalue weighted by Crippen LogP contribution is 2.27. The van der Waals surface area contributed by atoms with Crippen LogP contribution in [0.15, 0.2) is 65.1 Å². The second-order valence-electron chi connectivity index (χ2n) is 5.87. The number of aromatic nitrogens is 2. The van der Waals surface area contributed by atoms with E-state index in [0.29, 0.717) is 16.1 Å². The molecule has 0 bridgehead atoms. The molecule has 1 amide bonds. The van der Waals surface area contributed by atoms with Crippen molar-refractivity contribution in [3.05, 3.63) is 80.6 Å².